The third kappa shape index (κ3) is 4.33. The van der Waals surface area contributed by atoms with Crippen LogP contribution in [0.5, 0.6) is 0 Å². The summed E-state index contributed by atoms with van der Waals surface area (Å²) < 4.78 is 31.0. The van der Waals surface area contributed by atoms with E-state index in [0.717, 1.165) is 5.71 Å². The molecule has 0 saturated heterocycles. The van der Waals surface area contributed by atoms with Crippen molar-refractivity contribution in [3.8, 4) is 0 Å². The summed E-state index contributed by atoms with van der Waals surface area (Å²) in [5.74, 6) is -0.592. The average molecular weight is 244 g/mol. The summed E-state index contributed by atoms with van der Waals surface area (Å²) >= 11 is 4.88. The van der Waals surface area contributed by atoms with E-state index in [9.17, 15) is 13.0 Å². The van der Waals surface area contributed by atoms with E-state index in [-0.39, 0.29) is 41.9 Å². The molecule has 1 N–H and O–H groups in total. The zero-order chi connectivity index (χ0) is 10.1. The normalized spacial score (nSPS) is 21.1. The smallest absolute Gasteiger partial charge is 0.748 e. The van der Waals surface area contributed by atoms with Crippen molar-refractivity contribution in [3.63, 3.8) is 0 Å². The van der Waals surface area contributed by atoms with Crippen LogP contribution in [0.2, 0.25) is 0 Å². The van der Waals surface area contributed by atoms with Crippen LogP contribution >= 0.6 is 12.2 Å². The van der Waals surface area contributed by atoms with E-state index in [1.807, 2.05) is 0 Å². The van der Waals surface area contributed by atoms with Crippen LogP contribution in [-0.2, 0) is 10.1 Å². The molecule has 0 amide bonds. The van der Waals surface area contributed by atoms with Gasteiger partial charge in [0.05, 0.1) is 16.0 Å². The zero-order valence-corrected chi connectivity index (χ0v) is 11.6. The fraction of sp³-hybridized carbons (Fsp3) is 0.667. The molecule has 1 heterocycles. The molecule has 1 aliphatic heterocycles. The third-order valence-electron chi connectivity index (χ3n) is 1.82. The minimum Gasteiger partial charge on any atom is -0.748 e. The molecule has 0 aliphatic carbocycles. The summed E-state index contributed by atoms with van der Waals surface area (Å²) in [4.78, 5) is 0.487. The van der Waals surface area contributed by atoms with Crippen molar-refractivity contribution in [3.05, 3.63) is 0 Å². The van der Waals surface area contributed by atoms with Gasteiger partial charge in [0.1, 0.15) is 4.99 Å². The number of nitrogens with one attached hydrogen (secondary N) is 1. The Labute approximate surface area is 110 Å². The van der Waals surface area contributed by atoms with Gasteiger partial charge < -0.3 is 4.55 Å². The van der Waals surface area contributed by atoms with Crippen LogP contribution in [0.4, 0.5) is 0 Å². The predicted octanol–water partition coefficient (Wildman–Crippen LogP) is -3.15. The summed E-state index contributed by atoms with van der Waals surface area (Å²) in [5, 5.41) is 3.83. The Morgan fingerprint density at radius 1 is 1.64 bits per heavy atom. The minimum atomic E-state index is -4.15. The Bertz CT molecular complexity index is 352. The summed E-state index contributed by atoms with van der Waals surface area (Å²) in [6.07, 6.45) is 0.215. The van der Waals surface area contributed by atoms with E-state index in [1.54, 1.807) is 6.92 Å². The van der Waals surface area contributed by atoms with Gasteiger partial charge >= 0.3 is 29.6 Å². The van der Waals surface area contributed by atoms with E-state index < -0.39 is 15.9 Å². The van der Waals surface area contributed by atoms with E-state index in [4.69, 9.17) is 12.2 Å². The molecule has 1 unspecified atom stereocenters. The van der Waals surface area contributed by atoms with Gasteiger partial charge in [0.2, 0.25) is 0 Å². The molecule has 1 aliphatic rings. The Morgan fingerprint density at radius 3 is 2.57 bits per heavy atom. The molecular weight excluding hydrogens is 235 g/mol. The first kappa shape index (κ1) is 14.5. The van der Waals surface area contributed by atoms with Crippen LogP contribution in [0.15, 0.2) is 5.10 Å². The van der Waals surface area contributed by atoms with Crippen molar-refractivity contribution in [2.45, 2.75) is 13.3 Å². The first-order valence-electron chi connectivity index (χ1n) is 3.68. The number of hydrogen-bond donors (Lipinski definition) is 1. The van der Waals surface area contributed by atoms with Crippen molar-refractivity contribution in [1.29, 1.82) is 0 Å². The fourth-order valence-corrected chi connectivity index (χ4v) is 1.95. The van der Waals surface area contributed by atoms with E-state index in [1.165, 1.54) is 0 Å². The Kier molecular flexibility index (Phi) is 5.71. The second-order valence-corrected chi connectivity index (χ2v) is 4.80. The van der Waals surface area contributed by atoms with Crippen LogP contribution in [0, 0.1) is 5.92 Å². The van der Waals surface area contributed by atoms with Crippen molar-refractivity contribution >= 4 is 33.0 Å². The molecule has 0 aromatic heterocycles. The minimum absolute atomic E-state index is 0. The third-order valence-corrected chi connectivity index (χ3v) is 2.93. The predicted molar refractivity (Wildman–Crippen MR) is 51.5 cm³/mol. The number of rotatable bonds is 3. The number of hydrogen-bond acceptors (Lipinski definition) is 5. The molecular formula is C6H9N2NaO3S2. The van der Waals surface area contributed by atoms with Crippen LogP contribution in [0.25, 0.3) is 0 Å². The molecule has 14 heavy (non-hydrogen) atoms. The molecule has 0 radical (unpaired) electrons. The molecule has 74 valence electrons. The zero-order valence-electron chi connectivity index (χ0n) is 7.98. The molecule has 0 fully saturated rings. The van der Waals surface area contributed by atoms with Crippen LogP contribution < -0.4 is 35.0 Å². The van der Waals surface area contributed by atoms with E-state index >= 15 is 0 Å². The molecule has 0 aromatic rings. The average Bonchev–Trinajstić information content (AvgIpc) is 2.27. The van der Waals surface area contributed by atoms with E-state index in [0.29, 0.717) is 4.99 Å². The van der Waals surface area contributed by atoms with Gasteiger partial charge in [-0.1, -0.05) is 12.2 Å². The molecule has 5 nitrogen and oxygen atoms in total. The molecule has 0 spiro atoms. The summed E-state index contributed by atoms with van der Waals surface area (Å²) in [5.41, 5.74) is 3.31. The van der Waals surface area contributed by atoms with Crippen molar-refractivity contribution in [2.75, 3.05) is 5.75 Å². The first-order valence-corrected chi connectivity index (χ1v) is 5.66. The quantitative estimate of drug-likeness (QED) is 0.322. The van der Waals surface area contributed by atoms with Gasteiger partial charge in [0, 0.05) is 11.5 Å². The SMILES string of the molecule is CC1=NNC(=S)C1CCS(=O)(=O)[O-].[Na+]. The maximum Gasteiger partial charge on any atom is 1.00 e. The summed E-state index contributed by atoms with van der Waals surface area (Å²) in [6, 6.07) is 0. The largest absolute Gasteiger partial charge is 1.00 e. The summed E-state index contributed by atoms with van der Waals surface area (Å²) in [7, 11) is -4.15. The monoisotopic (exact) mass is 244 g/mol. The van der Waals surface area contributed by atoms with Crippen molar-refractivity contribution < 1.29 is 42.5 Å². The van der Waals surface area contributed by atoms with Gasteiger partial charge in [-0.25, -0.2) is 8.42 Å². The van der Waals surface area contributed by atoms with Gasteiger partial charge in [-0.3, -0.25) is 5.43 Å². The number of thiocarbonyl (C=S) groups is 1. The molecule has 0 bridgehead atoms. The van der Waals surface area contributed by atoms with Crippen LogP contribution in [-0.4, -0.2) is 29.4 Å². The maximum atomic E-state index is 10.3. The maximum absolute atomic E-state index is 10.3. The van der Waals surface area contributed by atoms with Crippen molar-refractivity contribution in [1.82, 2.24) is 5.43 Å². The fourth-order valence-electron chi connectivity index (χ4n) is 1.09. The van der Waals surface area contributed by atoms with Gasteiger partial charge in [-0.2, -0.15) is 5.10 Å². The first-order chi connectivity index (χ1) is 5.90. The van der Waals surface area contributed by atoms with Gasteiger partial charge in [0.15, 0.2) is 0 Å². The Balaban J connectivity index is 0.00000169. The molecule has 1 rings (SSSR count). The molecule has 0 aromatic carbocycles. The van der Waals surface area contributed by atoms with Gasteiger partial charge in [-0.15, -0.1) is 0 Å². The molecule has 0 saturated carbocycles. The number of nitrogens with zero attached hydrogens (tertiary/aromatic N) is 1. The molecule has 8 heteroatoms. The van der Waals surface area contributed by atoms with Crippen LogP contribution in [0.3, 0.4) is 0 Å². The topological polar surface area (TPSA) is 81.6 Å². The van der Waals surface area contributed by atoms with Gasteiger partial charge in [0.25, 0.3) is 0 Å². The number of hydrazone groups is 1. The van der Waals surface area contributed by atoms with Gasteiger partial charge in [-0.05, 0) is 13.3 Å². The second kappa shape index (κ2) is 5.53. The molecule has 1 atom stereocenters. The Morgan fingerprint density at radius 2 is 2.21 bits per heavy atom. The summed E-state index contributed by atoms with van der Waals surface area (Å²) in [6.45, 7) is 1.74. The Hall–Kier alpha value is 0.470. The second-order valence-electron chi connectivity index (χ2n) is 2.83. The van der Waals surface area contributed by atoms with Crippen molar-refractivity contribution in [2.24, 2.45) is 11.0 Å². The standard InChI is InChI=1S/C6H10N2O3S2.Na/c1-4-5(6(12)8-7-4)2-3-13(9,10)11;/h5H,2-3H2,1H3,(H,8,12)(H,9,10,11);/q;+1/p-1. The van der Waals surface area contributed by atoms with E-state index in [2.05, 4.69) is 10.5 Å². The van der Waals surface area contributed by atoms with Crippen LogP contribution in [0.1, 0.15) is 13.3 Å².